The van der Waals surface area contributed by atoms with Gasteiger partial charge in [0, 0.05) is 60.7 Å². The van der Waals surface area contributed by atoms with E-state index in [9.17, 15) is 14.4 Å². The van der Waals surface area contributed by atoms with Gasteiger partial charge in [-0.25, -0.2) is 0 Å². The lowest BCUT2D eigenvalue weighted by Gasteiger charge is -2.48. The largest absolute Gasteiger partial charge is 0.489 e. The first-order valence-electron chi connectivity index (χ1n) is 13.8. The number of ether oxygens (including phenoxy) is 1. The lowest BCUT2D eigenvalue weighted by molar-refractivity contribution is -0.136. The van der Waals surface area contributed by atoms with Crippen molar-refractivity contribution in [1.82, 2.24) is 20.1 Å². The Bertz CT molecular complexity index is 1420. The van der Waals surface area contributed by atoms with E-state index in [2.05, 4.69) is 45.7 Å². The zero-order valence-electron chi connectivity index (χ0n) is 21.3. The number of carbonyl (C=O) groups excluding carboxylic acids is 3. The lowest BCUT2D eigenvalue weighted by atomic mass is 9.84. The first kappa shape index (κ1) is 23.5. The van der Waals surface area contributed by atoms with Crippen molar-refractivity contribution in [1.29, 1.82) is 0 Å². The Kier molecular flexibility index (Phi) is 5.73. The van der Waals surface area contributed by atoms with E-state index >= 15 is 0 Å². The Morgan fingerprint density at radius 3 is 2.66 bits per heavy atom. The highest BCUT2D eigenvalue weighted by molar-refractivity contribution is 6.05. The molecule has 1 aliphatic carbocycles. The van der Waals surface area contributed by atoms with Gasteiger partial charge >= 0.3 is 0 Å². The minimum Gasteiger partial charge on any atom is -0.489 e. The molecular weight excluding hydrogens is 480 g/mol. The SMILES string of the molecule is O=C1CCC(N2Cc3cc(O[C@H]4CCCC[C@H]4N4CC(c5c[nH]c6ccccc56)C4)ccc3C2=O)C(=O)N1. The Balaban J connectivity index is 1.03. The number of hydrogen-bond acceptors (Lipinski definition) is 5. The minimum absolute atomic E-state index is 0.120. The van der Waals surface area contributed by atoms with Crippen molar-refractivity contribution in [2.24, 2.45) is 0 Å². The number of aromatic amines is 1. The Labute approximate surface area is 221 Å². The first-order chi connectivity index (χ1) is 18.5. The summed E-state index contributed by atoms with van der Waals surface area (Å²) in [5.74, 6) is 0.512. The predicted molar refractivity (Wildman–Crippen MR) is 142 cm³/mol. The number of amides is 3. The molecule has 1 saturated carbocycles. The number of likely N-dealkylation sites (tertiary alicyclic amines) is 1. The van der Waals surface area contributed by atoms with Gasteiger partial charge in [0.25, 0.3) is 5.91 Å². The summed E-state index contributed by atoms with van der Waals surface area (Å²) < 4.78 is 6.60. The zero-order chi connectivity index (χ0) is 25.8. The fourth-order valence-electron chi connectivity index (χ4n) is 6.84. The highest BCUT2D eigenvalue weighted by Gasteiger charge is 2.41. The minimum atomic E-state index is -0.601. The number of imide groups is 1. The molecule has 1 unspecified atom stereocenters. The molecule has 4 heterocycles. The van der Waals surface area contributed by atoms with Crippen LogP contribution >= 0.6 is 0 Å². The Morgan fingerprint density at radius 2 is 1.79 bits per heavy atom. The topological polar surface area (TPSA) is 94.7 Å². The van der Waals surface area contributed by atoms with Crippen LogP contribution in [0.2, 0.25) is 0 Å². The van der Waals surface area contributed by atoms with Gasteiger partial charge < -0.3 is 14.6 Å². The molecule has 0 radical (unpaired) electrons. The highest BCUT2D eigenvalue weighted by Crippen LogP contribution is 2.38. The van der Waals surface area contributed by atoms with Crippen molar-refractivity contribution in [2.45, 2.75) is 69.2 Å². The molecule has 2 aromatic carbocycles. The number of aromatic nitrogens is 1. The van der Waals surface area contributed by atoms with Gasteiger partial charge in [0.05, 0.1) is 0 Å². The van der Waals surface area contributed by atoms with E-state index in [0.717, 1.165) is 43.7 Å². The van der Waals surface area contributed by atoms with Gasteiger partial charge in [0.1, 0.15) is 17.9 Å². The van der Waals surface area contributed by atoms with Crippen molar-refractivity contribution in [2.75, 3.05) is 13.1 Å². The summed E-state index contributed by atoms with van der Waals surface area (Å²) in [5.41, 5.74) is 4.11. The van der Waals surface area contributed by atoms with Crippen molar-refractivity contribution in [3.8, 4) is 5.75 Å². The van der Waals surface area contributed by atoms with E-state index in [1.54, 1.807) is 4.90 Å². The third-order valence-corrected chi connectivity index (χ3v) is 8.89. The van der Waals surface area contributed by atoms with E-state index in [0.29, 0.717) is 30.5 Å². The predicted octanol–water partition coefficient (Wildman–Crippen LogP) is 3.72. The van der Waals surface area contributed by atoms with Crippen LogP contribution < -0.4 is 10.1 Å². The summed E-state index contributed by atoms with van der Waals surface area (Å²) in [6, 6.07) is 14.0. The molecule has 8 nitrogen and oxygen atoms in total. The van der Waals surface area contributed by atoms with Gasteiger partial charge in [-0.2, -0.15) is 0 Å². The summed E-state index contributed by atoms with van der Waals surface area (Å²) in [6.45, 7) is 2.46. The van der Waals surface area contributed by atoms with Crippen LogP contribution in [0.5, 0.6) is 5.75 Å². The number of para-hydroxylation sites is 1. The molecule has 0 spiro atoms. The molecule has 3 amide bonds. The van der Waals surface area contributed by atoms with Gasteiger partial charge in [-0.3, -0.25) is 24.6 Å². The second-order valence-electron chi connectivity index (χ2n) is 11.2. The number of nitrogens with one attached hydrogen (secondary N) is 2. The van der Waals surface area contributed by atoms with Crippen molar-refractivity contribution in [3.63, 3.8) is 0 Å². The van der Waals surface area contributed by atoms with Gasteiger partial charge in [-0.15, -0.1) is 0 Å². The number of carbonyl (C=O) groups is 3. The number of benzene rings is 2. The molecule has 0 bridgehead atoms. The number of H-pyrrole nitrogens is 1. The van der Waals surface area contributed by atoms with E-state index in [-0.39, 0.29) is 30.2 Å². The van der Waals surface area contributed by atoms with Gasteiger partial charge in [0.2, 0.25) is 11.8 Å². The molecule has 3 aromatic rings. The zero-order valence-corrected chi connectivity index (χ0v) is 21.3. The maximum atomic E-state index is 13.0. The second kappa shape index (κ2) is 9.27. The number of nitrogens with zero attached hydrogens (tertiary/aromatic N) is 2. The van der Waals surface area contributed by atoms with E-state index in [1.807, 2.05) is 18.2 Å². The summed E-state index contributed by atoms with van der Waals surface area (Å²) in [6.07, 6.45) is 7.46. The number of hydrogen-bond donors (Lipinski definition) is 2. The van der Waals surface area contributed by atoms with Crippen LogP contribution in [0.3, 0.4) is 0 Å². The normalized spacial score (nSPS) is 26.4. The molecule has 2 saturated heterocycles. The van der Waals surface area contributed by atoms with Crippen LogP contribution in [0.4, 0.5) is 0 Å². The molecule has 2 N–H and O–H groups in total. The van der Waals surface area contributed by atoms with Crippen LogP contribution in [0, 0.1) is 0 Å². The Hall–Kier alpha value is -3.65. The number of fused-ring (bicyclic) bond motifs is 2. The van der Waals surface area contributed by atoms with Crippen LogP contribution in [-0.2, 0) is 16.1 Å². The van der Waals surface area contributed by atoms with Crippen molar-refractivity contribution < 1.29 is 19.1 Å². The summed E-state index contributed by atoms with van der Waals surface area (Å²) in [7, 11) is 0. The molecule has 3 fully saturated rings. The molecule has 196 valence electrons. The number of piperidine rings is 1. The van der Waals surface area contributed by atoms with Crippen molar-refractivity contribution in [3.05, 3.63) is 65.4 Å². The molecule has 38 heavy (non-hydrogen) atoms. The quantitative estimate of drug-likeness (QED) is 0.508. The van der Waals surface area contributed by atoms with Crippen LogP contribution in [0.15, 0.2) is 48.7 Å². The lowest BCUT2D eigenvalue weighted by Crippen LogP contribution is -2.56. The molecule has 7 rings (SSSR count). The second-order valence-corrected chi connectivity index (χ2v) is 11.2. The third kappa shape index (κ3) is 3.98. The molecule has 4 aliphatic rings. The van der Waals surface area contributed by atoms with Crippen LogP contribution in [-0.4, -0.2) is 63.8 Å². The van der Waals surface area contributed by atoms with Crippen molar-refractivity contribution >= 4 is 28.6 Å². The fraction of sp³-hybridized carbons (Fsp3) is 0.433. The molecule has 8 heteroatoms. The summed E-state index contributed by atoms with van der Waals surface area (Å²) >= 11 is 0. The van der Waals surface area contributed by atoms with Crippen LogP contribution in [0.1, 0.15) is 65.9 Å². The molecule has 3 aliphatic heterocycles. The standard InChI is InChI=1S/C30H32N4O4/c35-28-12-11-26(29(36)32-28)34-17-18-13-20(9-10-21(18)30(34)37)38-27-8-4-3-7-25(27)33-15-19(16-33)23-14-31-24-6-2-1-5-22(23)24/h1-2,5-6,9-10,13-14,19,25-27,31H,3-4,7-8,11-12,15-17H2,(H,32,35,36)/t25-,26?,27+/m1/s1. The van der Waals surface area contributed by atoms with Gasteiger partial charge in [-0.1, -0.05) is 24.6 Å². The molecule has 1 aromatic heterocycles. The van der Waals surface area contributed by atoms with E-state index < -0.39 is 6.04 Å². The average molecular weight is 513 g/mol. The fourth-order valence-corrected chi connectivity index (χ4v) is 6.84. The monoisotopic (exact) mass is 512 g/mol. The van der Waals surface area contributed by atoms with Gasteiger partial charge in [-0.05, 0) is 61.1 Å². The highest BCUT2D eigenvalue weighted by atomic mass is 16.5. The summed E-state index contributed by atoms with van der Waals surface area (Å²) in [5, 5.41) is 3.69. The Morgan fingerprint density at radius 1 is 0.947 bits per heavy atom. The maximum Gasteiger partial charge on any atom is 0.255 e. The van der Waals surface area contributed by atoms with E-state index in [1.165, 1.54) is 22.9 Å². The maximum absolute atomic E-state index is 13.0. The van der Waals surface area contributed by atoms with Crippen LogP contribution in [0.25, 0.3) is 10.9 Å². The average Bonchev–Trinajstić information content (AvgIpc) is 3.45. The van der Waals surface area contributed by atoms with Gasteiger partial charge in [0.15, 0.2) is 0 Å². The van der Waals surface area contributed by atoms with E-state index in [4.69, 9.17) is 4.74 Å². The third-order valence-electron chi connectivity index (χ3n) is 8.89. The summed E-state index contributed by atoms with van der Waals surface area (Å²) in [4.78, 5) is 44.5. The number of rotatable bonds is 5. The molecule has 3 atom stereocenters. The smallest absolute Gasteiger partial charge is 0.255 e. The first-order valence-corrected chi connectivity index (χ1v) is 13.8. The molecular formula is C30H32N4O4.